The van der Waals surface area contributed by atoms with Crippen molar-refractivity contribution in [3.05, 3.63) is 11.6 Å². The summed E-state index contributed by atoms with van der Waals surface area (Å²) in [5, 5.41) is 32.1. The standard InChI is InChI=1S/C23H32O7.Na.H/c1-12(25)30-19-9-14(26)8-13-4-5-15-16-6-7-23(29,18(28)11-24)21(16,2)10-17(27)20(15)22(13,19)3;;/h8,15-17,19-20,24,27,29H,4-7,9-11H2,1-3H3;;/t15-,16-,17-,19?,20+,21-,22+,23-;;/m0../s1. The van der Waals surface area contributed by atoms with E-state index in [1.807, 2.05) is 13.8 Å². The Bertz CT molecular complexity index is 825. The van der Waals surface area contributed by atoms with Crippen LogP contribution in [-0.4, -0.2) is 86.8 Å². The van der Waals surface area contributed by atoms with Crippen LogP contribution in [-0.2, 0) is 19.1 Å². The van der Waals surface area contributed by atoms with Crippen molar-refractivity contribution in [1.82, 2.24) is 0 Å². The monoisotopic (exact) mass is 444 g/mol. The molecule has 31 heavy (non-hydrogen) atoms. The molecule has 7 nitrogen and oxygen atoms in total. The Labute approximate surface area is 204 Å². The molecule has 0 spiro atoms. The van der Waals surface area contributed by atoms with Crippen molar-refractivity contribution >= 4 is 47.1 Å². The molecule has 168 valence electrons. The summed E-state index contributed by atoms with van der Waals surface area (Å²) < 4.78 is 5.62. The zero-order valence-corrected chi connectivity index (χ0v) is 17.9. The number of aliphatic hydroxyl groups excluding tert-OH is 2. The predicted octanol–water partition coefficient (Wildman–Crippen LogP) is 0.675. The number of carbonyl (C=O) groups excluding carboxylic acids is 3. The van der Waals surface area contributed by atoms with Gasteiger partial charge in [-0.3, -0.25) is 14.4 Å². The maximum atomic E-state index is 12.5. The molecule has 0 aromatic heterocycles. The van der Waals surface area contributed by atoms with Gasteiger partial charge in [0.05, 0.1) is 6.10 Å². The van der Waals surface area contributed by atoms with Crippen LogP contribution in [0.3, 0.4) is 0 Å². The van der Waals surface area contributed by atoms with E-state index in [9.17, 15) is 29.7 Å². The molecule has 0 aromatic carbocycles. The van der Waals surface area contributed by atoms with E-state index in [-0.39, 0.29) is 72.4 Å². The fraction of sp³-hybridized carbons (Fsp3) is 0.783. The molecule has 4 rings (SSSR count). The molecule has 3 fully saturated rings. The Balaban J connectivity index is 0.00000272. The molecular formula is C23H33NaO7. The van der Waals surface area contributed by atoms with Gasteiger partial charge in [0, 0.05) is 30.1 Å². The predicted molar refractivity (Wildman–Crippen MR) is 113 cm³/mol. The van der Waals surface area contributed by atoms with Crippen LogP contribution in [0.15, 0.2) is 11.6 Å². The van der Waals surface area contributed by atoms with Crippen LogP contribution in [0.25, 0.3) is 0 Å². The van der Waals surface area contributed by atoms with Crippen molar-refractivity contribution < 1.29 is 34.4 Å². The van der Waals surface area contributed by atoms with Gasteiger partial charge in [0.25, 0.3) is 0 Å². The zero-order valence-electron chi connectivity index (χ0n) is 17.9. The van der Waals surface area contributed by atoms with Crippen LogP contribution >= 0.6 is 0 Å². The Morgan fingerprint density at radius 2 is 1.94 bits per heavy atom. The van der Waals surface area contributed by atoms with E-state index in [1.54, 1.807) is 6.08 Å². The Morgan fingerprint density at radius 1 is 1.26 bits per heavy atom. The van der Waals surface area contributed by atoms with E-state index in [0.717, 1.165) is 12.0 Å². The molecule has 0 amide bonds. The number of esters is 1. The van der Waals surface area contributed by atoms with Gasteiger partial charge in [0.15, 0.2) is 11.6 Å². The van der Waals surface area contributed by atoms with Gasteiger partial charge in [0.2, 0.25) is 0 Å². The first-order valence-electron chi connectivity index (χ1n) is 10.9. The van der Waals surface area contributed by atoms with E-state index in [0.29, 0.717) is 12.8 Å². The summed E-state index contributed by atoms with van der Waals surface area (Å²) in [5.74, 6) is -1.31. The second kappa shape index (κ2) is 8.33. The quantitative estimate of drug-likeness (QED) is 0.432. The van der Waals surface area contributed by atoms with E-state index in [4.69, 9.17) is 4.74 Å². The number of hydrogen-bond donors (Lipinski definition) is 3. The first kappa shape index (κ1) is 25.1. The van der Waals surface area contributed by atoms with Crippen LogP contribution in [0.5, 0.6) is 0 Å². The van der Waals surface area contributed by atoms with E-state index in [1.165, 1.54) is 6.92 Å². The van der Waals surface area contributed by atoms with E-state index < -0.39 is 47.0 Å². The minimum absolute atomic E-state index is 0. The summed E-state index contributed by atoms with van der Waals surface area (Å²) >= 11 is 0. The number of Topliss-reactive ketones (excluding diaryl/α,β-unsaturated/α-hetero) is 1. The molecule has 8 heteroatoms. The van der Waals surface area contributed by atoms with Gasteiger partial charge in [-0.2, -0.15) is 0 Å². The number of carbonyl (C=O) groups is 3. The molecule has 0 radical (unpaired) electrons. The molecule has 0 saturated heterocycles. The van der Waals surface area contributed by atoms with Crippen molar-refractivity contribution in [3.63, 3.8) is 0 Å². The van der Waals surface area contributed by atoms with Crippen LogP contribution in [0, 0.1) is 28.6 Å². The topological polar surface area (TPSA) is 121 Å². The van der Waals surface area contributed by atoms with Crippen molar-refractivity contribution in [2.24, 2.45) is 28.6 Å². The number of ether oxygens (including phenoxy) is 1. The maximum absolute atomic E-state index is 12.5. The third-order valence-electron chi connectivity index (χ3n) is 9.04. The molecule has 3 N–H and O–H groups in total. The summed E-state index contributed by atoms with van der Waals surface area (Å²) in [6.07, 6.45) is 2.85. The average Bonchev–Trinajstić information content (AvgIpc) is 2.93. The number of ketones is 2. The van der Waals surface area contributed by atoms with Gasteiger partial charge in [-0.1, -0.05) is 19.4 Å². The van der Waals surface area contributed by atoms with Crippen molar-refractivity contribution in [1.29, 1.82) is 0 Å². The molecule has 8 atom stereocenters. The molecule has 0 bridgehead atoms. The normalized spacial score (nSPS) is 46.1. The Kier molecular flexibility index (Phi) is 6.74. The van der Waals surface area contributed by atoms with E-state index >= 15 is 0 Å². The van der Waals surface area contributed by atoms with Gasteiger partial charge in [-0.25, -0.2) is 0 Å². The fourth-order valence-corrected chi connectivity index (χ4v) is 7.66. The molecule has 0 heterocycles. The third kappa shape index (κ3) is 3.42. The number of rotatable bonds is 3. The van der Waals surface area contributed by atoms with Gasteiger partial charge in [-0.05, 0) is 50.0 Å². The zero-order chi connectivity index (χ0) is 22.1. The third-order valence-corrected chi connectivity index (χ3v) is 9.04. The van der Waals surface area contributed by atoms with Gasteiger partial charge in [0.1, 0.15) is 18.3 Å². The summed E-state index contributed by atoms with van der Waals surface area (Å²) in [6.45, 7) is 4.46. The van der Waals surface area contributed by atoms with Gasteiger partial charge >= 0.3 is 35.5 Å². The number of hydrogen-bond acceptors (Lipinski definition) is 7. The molecule has 4 aliphatic rings. The fourth-order valence-electron chi connectivity index (χ4n) is 7.66. The summed E-state index contributed by atoms with van der Waals surface area (Å²) in [6, 6.07) is 0. The SMILES string of the molecule is CC(=O)OC1CC(=O)C=C2CC[C@@H]3[C@H]([C@@H](O)C[C@@]4(C)[C@H]3CC[C@]4(O)C(=O)CO)[C@]21C.[NaH]. The van der Waals surface area contributed by atoms with Crippen molar-refractivity contribution in [3.8, 4) is 0 Å². The van der Waals surface area contributed by atoms with Crippen molar-refractivity contribution in [2.75, 3.05) is 6.61 Å². The summed E-state index contributed by atoms with van der Waals surface area (Å²) in [5.41, 5.74) is -2.21. The summed E-state index contributed by atoms with van der Waals surface area (Å²) in [7, 11) is 0. The van der Waals surface area contributed by atoms with Crippen LogP contribution in [0.4, 0.5) is 0 Å². The minimum atomic E-state index is -1.65. The average molecular weight is 445 g/mol. The van der Waals surface area contributed by atoms with Crippen LogP contribution in [0.2, 0.25) is 0 Å². The first-order chi connectivity index (χ1) is 14.0. The molecule has 0 aliphatic heterocycles. The van der Waals surface area contributed by atoms with Gasteiger partial charge < -0.3 is 20.1 Å². The first-order valence-corrected chi connectivity index (χ1v) is 10.9. The second-order valence-electron chi connectivity index (χ2n) is 10.2. The summed E-state index contributed by atoms with van der Waals surface area (Å²) in [4.78, 5) is 36.6. The Hall–Kier alpha value is -0.570. The second-order valence-corrected chi connectivity index (χ2v) is 10.2. The molecular weight excluding hydrogens is 411 g/mol. The molecule has 3 saturated carbocycles. The number of aliphatic hydroxyl groups is 3. The van der Waals surface area contributed by atoms with Crippen molar-refractivity contribution in [2.45, 2.75) is 77.1 Å². The molecule has 0 aromatic rings. The molecule has 4 aliphatic carbocycles. The van der Waals surface area contributed by atoms with Gasteiger partial charge in [-0.15, -0.1) is 0 Å². The van der Waals surface area contributed by atoms with E-state index in [2.05, 4.69) is 0 Å². The van der Waals surface area contributed by atoms with Crippen LogP contribution < -0.4 is 0 Å². The Morgan fingerprint density at radius 3 is 2.55 bits per heavy atom. The molecule has 1 unspecified atom stereocenters. The number of fused-ring (bicyclic) bond motifs is 5. The van der Waals surface area contributed by atoms with Crippen LogP contribution in [0.1, 0.15) is 59.3 Å².